The maximum Gasteiger partial charge on any atom is 0.132 e. The van der Waals surface area contributed by atoms with Gasteiger partial charge < -0.3 is 9.64 Å². The van der Waals surface area contributed by atoms with Crippen LogP contribution >= 0.6 is 11.3 Å². The van der Waals surface area contributed by atoms with Gasteiger partial charge >= 0.3 is 0 Å². The normalized spacial score (nSPS) is 31.1. The van der Waals surface area contributed by atoms with Crippen LogP contribution in [0.15, 0.2) is 18.6 Å². The van der Waals surface area contributed by atoms with Gasteiger partial charge in [0.25, 0.3) is 0 Å². The summed E-state index contributed by atoms with van der Waals surface area (Å²) in [4.78, 5) is 17.3. The molecule has 144 valence electrons. The third kappa shape index (κ3) is 3.47. The van der Waals surface area contributed by atoms with Crippen molar-refractivity contribution in [3.63, 3.8) is 0 Å². The van der Waals surface area contributed by atoms with Gasteiger partial charge in [0.2, 0.25) is 0 Å². The Morgan fingerprint density at radius 2 is 2.04 bits per heavy atom. The quantitative estimate of drug-likeness (QED) is 0.837. The zero-order valence-electron chi connectivity index (χ0n) is 15.6. The molecule has 5 rings (SSSR count). The number of thiazole rings is 1. The van der Waals surface area contributed by atoms with Crippen LogP contribution in [0.4, 0.5) is 5.82 Å². The molecule has 2 saturated heterocycles. The second-order valence-corrected chi connectivity index (χ2v) is 9.00. The second-order valence-electron chi connectivity index (χ2n) is 7.73. The van der Waals surface area contributed by atoms with Crippen LogP contribution in [-0.2, 0) is 4.74 Å². The molecule has 1 saturated carbocycles. The van der Waals surface area contributed by atoms with Crippen molar-refractivity contribution in [3.05, 3.63) is 34.2 Å². The monoisotopic (exact) mass is 386 g/mol. The number of fused-ring (bicyclic) bond motifs is 1. The third-order valence-electron chi connectivity index (χ3n) is 6.12. The molecule has 3 fully saturated rings. The lowest BCUT2D eigenvalue weighted by atomic mass is 9.75. The number of nitrogens with one attached hydrogen (secondary N) is 2. The Bertz CT molecular complexity index is 792. The fourth-order valence-electron chi connectivity index (χ4n) is 4.67. The molecule has 2 aliphatic heterocycles. The average molecular weight is 387 g/mol. The van der Waals surface area contributed by atoms with Crippen molar-refractivity contribution in [2.45, 2.75) is 44.2 Å². The molecular weight excluding hydrogens is 360 g/mol. The molecule has 0 spiro atoms. The zero-order valence-corrected chi connectivity index (χ0v) is 16.4. The summed E-state index contributed by atoms with van der Waals surface area (Å²) in [7, 11) is 0. The van der Waals surface area contributed by atoms with E-state index < -0.39 is 0 Å². The lowest BCUT2D eigenvalue weighted by Crippen LogP contribution is -2.37. The van der Waals surface area contributed by atoms with Gasteiger partial charge in [0.15, 0.2) is 0 Å². The van der Waals surface area contributed by atoms with Crippen LogP contribution < -0.4 is 15.8 Å². The third-order valence-corrected chi connectivity index (χ3v) is 7.20. The summed E-state index contributed by atoms with van der Waals surface area (Å²) in [6, 6.07) is 2.91. The summed E-state index contributed by atoms with van der Waals surface area (Å²) in [6.45, 7) is 5.42. The number of ether oxygens (including phenoxy) is 1. The second kappa shape index (κ2) is 7.43. The Labute approximate surface area is 163 Å². The Hall–Kier alpha value is -1.61. The molecule has 0 aromatic carbocycles. The first-order chi connectivity index (χ1) is 13.3. The number of hydrogen-bond acceptors (Lipinski definition) is 8. The topological polar surface area (TPSA) is 75.2 Å². The minimum Gasteiger partial charge on any atom is -0.378 e. The van der Waals surface area contributed by atoms with E-state index in [2.05, 4.69) is 49.9 Å². The highest BCUT2D eigenvalue weighted by Gasteiger charge is 2.42. The number of anilines is 1. The van der Waals surface area contributed by atoms with E-state index in [9.17, 15) is 0 Å². The van der Waals surface area contributed by atoms with Crippen molar-refractivity contribution >= 4 is 17.2 Å². The van der Waals surface area contributed by atoms with Crippen molar-refractivity contribution in [1.82, 2.24) is 25.8 Å². The van der Waals surface area contributed by atoms with Crippen LogP contribution in [0.5, 0.6) is 0 Å². The lowest BCUT2D eigenvalue weighted by molar-refractivity contribution is 0.122. The summed E-state index contributed by atoms with van der Waals surface area (Å²) in [6.07, 6.45) is 7.39. The molecular formula is C19H26N6OS. The summed E-state index contributed by atoms with van der Waals surface area (Å²) in [5, 5.41) is 1.16. The zero-order chi connectivity index (χ0) is 18.2. The fraction of sp³-hybridized carbons (Fsp3) is 0.632. The Balaban J connectivity index is 1.35. The highest BCUT2D eigenvalue weighted by Crippen LogP contribution is 2.44. The Morgan fingerprint density at radius 3 is 2.85 bits per heavy atom. The SMILES string of the molecule is Cc1ncc(C2CCC3NNC(c4cc(N5CCOCC5)ncn4)C3C2)s1. The molecule has 8 heteroatoms. The van der Waals surface area contributed by atoms with Gasteiger partial charge in [-0.15, -0.1) is 11.3 Å². The number of rotatable bonds is 3. The number of aryl methyl sites for hydroxylation is 1. The van der Waals surface area contributed by atoms with Crippen molar-refractivity contribution < 1.29 is 4.74 Å². The van der Waals surface area contributed by atoms with Gasteiger partial charge in [0, 0.05) is 36.3 Å². The summed E-state index contributed by atoms with van der Waals surface area (Å²) >= 11 is 1.85. The molecule has 4 heterocycles. The van der Waals surface area contributed by atoms with E-state index in [0.29, 0.717) is 17.9 Å². The van der Waals surface area contributed by atoms with E-state index in [1.807, 2.05) is 11.3 Å². The van der Waals surface area contributed by atoms with Gasteiger partial charge in [-0.3, -0.25) is 5.43 Å². The van der Waals surface area contributed by atoms with Gasteiger partial charge in [0.1, 0.15) is 12.1 Å². The van der Waals surface area contributed by atoms with Gasteiger partial charge in [-0.05, 0) is 38.0 Å². The van der Waals surface area contributed by atoms with Crippen LogP contribution in [-0.4, -0.2) is 47.3 Å². The number of aromatic nitrogens is 3. The minimum absolute atomic E-state index is 0.231. The molecule has 2 aromatic heterocycles. The number of hydrazine groups is 1. The molecule has 0 bridgehead atoms. The molecule has 0 amide bonds. The highest BCUT2D eigenvalue weighted by molar-refractivity contribution is 7.11. The summed E-state index contributed by atoms with van der Waals surface area (Å²) in [5.41, 5.74) is 8.14. The van der Waals surface area contributed by atoms with Gasteiger partial charge in [0.05, 0.1) is 30.0 Å². The van der Waals surface area contributed by atoms with E-state index in [0.717, 1.165) is 42.8 Å². The predicted molar refractivity (Wildman–Crippen MR) is 105 cm³/mol. The molecule has 2 aromatic rings. The average Bonchev–Trinajstić information content (AvgIpc) is 3.34. The highest BCUT2D eigenvalue weighted by atomic mass is 32.1. The maximum atomic E-state index is 5.47. The van der Waals surface area contributed by atoms with Crippen LogP contribution in [0, 0.1) is 12.8 Å². The van der Waals surface area contributed by atoms with Crippen LogP contribution in [0.2, 0.25) is 0 Å². The van der Waals surface area contributed by atoms with Crippen molar-refractivity contribution in [1.29, 1.82) is 0 Å². The Kier molecular flexibility index (Phi) is 4.81. The molecule has 4 unspecified atom stereocenters. The maximum absolute atomic E-state index is 5.47. The number of nitrogens with zero attached hydrogens (tertiary/aromatic N) is 4. The fourth-order valence-corrected chi connectivity index (χ4v) is 5.60. The summed E-state index contributed by atoms with van der Waals surface area (Å²) in [5.74, 6) is 2.17. The van der Waals surface area contributed by atoms with Crippen molar-refractivity contribution in [2.24, 2.45) is 5.92 Å². The van der Waals surface area contributed by atoms with Crippen molar-refractivity contribution in [3.8, 4) is 0 Å². The van der Waals surface area contributed by atoms with Crippen LogP contribution in [0.1, 0.15) is 46.8 Å². The van der Waals surface area contributed by atoms with E-state index in [-0.39, 0.29) is 6.04 Å². The molecule has 0 radical (unpaired) electrons. The van der Waals surface area contributed by atoms with Crippen LogP contribution in [0.3, 0.4) is 0 Å². The molecule has 1 aliphatic carbocycles. The number of hydrogen-bond donors (Lipinski definition) is 2. The van der Waals surface area contributed by atoms with E-state index >= 15 is 0 Å². The lowest BCUT2D eigenvalue weighted by Gasteiger charge is -2.33. The molecule has 3 aliphatic rings. The Morgan fingerprint density at radius 1 is 1.15 bits per heavy atom. The largest absolute Gasteiger partial charge is 0.378 e. The minimum atomic E-state index is 0.231. The standard InChI is InChI=1S/C19H26N6OS/c1-12-20-10-17(27-12)13-2-3-15-14(8-13)19(24-23-15)16-9-18(22-11-21-16)25-4-6-26-7-5-25/h9-11,13-15,19,23-24H,2-8H2,1H3. The van der Waals surface area contributed by atoms with E-state index in [1.165, 1.54) is 24.1 Å². The molecule has 7 nitrogen and oxygen atoms in total. The van der Waals surface area contributed by atoms with E-state index in [4.69, 9.17) is 4.74 Å². The summed E-state index contributed by atoms with van der Waals surface area (Å²) < 4.78 is 5.47. The van der Waals surface area contributed by atoms with Gasteiger partial charge in [-0.2, -0.15) is 0 Å². The molecule has 2 N–H and O–H groups in total. The first-order valence-corrected chi connectivity index (χ1v) is 10.7. The van der Waals surface area contributed by atoms with Gasteiger partial charge in [-0.1, -0.05) is 0 Å². The van der Waals surface area contributed by atoms with Crippen LogP contribution in [0.25, 0.3) is 0 Å². The van der Waals surface area contributed by atoms with Crippen molar-refractivity contribution in [2.75, 3.05) is 31.2 Å². The van der Waals surface area contributed by atoms with Gasteiger partial charge in [-0.25, -0.2) is 20.4 Å². The smallest absolute Gasteiger partial charge is 0.132 e. The number of morpholine rings is 1. The van der Waals surface area contributed by atoms with E-state index in [1.54, 1.807) is 6.33 Å². The molecule has 4 atom stereocenters. The first-order valence-electron chi connectivity index (χ1n) is 9.86. The predicted octanol–water partition coefficient (Wildman–Crippen LogP) is 2.18. The molecule has 27 heavy (non-hydrogen) atoms. The first kappa shape index (κ1) is 17.5.